The molecule has 0 bridgehead atoms. The van der Waals surface area contributed by atoms with Crippen molar-refractivity contribution >= 4 is 23.4 Å². The summed E-state index contributed by atoms with van der Waals surface area (Å²) in [5, 5.41) is 12.5. The zero-order valence-corrected chi connectivity index (χ0v) is 19.5. The number of hydrogen-bond acceptors (Lipinski definition) is 5. The lowest BCUT2D eigenvalue weighted by Gasteiger charge is -2.12. The molecular weight excluding hydrogens is 420 g/mol. The minimum absolute atomic E-state index is 0.0338. The van der Waals surface area contributed by atoms with Gasteiger partial charge >= 0.3 is 0 Å². The molecule has 4 rings (SSSR count). The highest BCUT2D eigenvalue weighted by molar-refractivity contribution is 7.99. The van der Waals surface area contributed by atoms with Crippen LogP contribution in [0.3, 0.4) is 0 Å². The molecule has 1 aromatic heterocycles. The van der Waals surface area contributed by atoms with Crippen molar-refractivity contribution in [3.05, 3.63) is 65.5 Å². The molecule has 2 aromatic carbocycles. The van der Waals surface area contributed by atoms with Gasteiger partial charge in [0.2, 0.25) is 5.91 Å². The van der Waals surface area contributed by atoms with E-state index in [2.05, 4.69) is 46.1 Å². The quantitative estimate of drug-likeness (QED) is 0.434. The molecule has 0 atom stereocenters. The molecule has 0 spiro atoms. The van der Waals surface area contributed by atoms with E-state index >= 15 is 0 Å². The fraction of sp³-hybridized carbons (Fsp3) is 0.400. The Kier molecular flexibility index (Phi) is 7.47. The van der Waals surface area contributed by atoms with Gasteiger partial charge in [0.25, 0.3) is 0 Å². The number of benzene rings is 2. The van der Waals surface area contributed by atoms with Crippen molar-refractivity contribution in [1.29, 1.82) is 0 Å². The van der Waals surface area contributed by atoms with Crippen LogP contribution in [-0.4, -0.2) is 26.4 Å². The van der Waals surface area contributed by atoms with Crippen molar-refractivity contribution < 1.29 is 9.53 Å². The fourth-order valence-electron chi connectivity index (χ4n) is 3.79. The highest BCUT2D eigenvalue weighted by atomic mass is 32.2. The summed E-state index contributed by atoms with van der Waals surface area (Å²) in [5.41, 5.74) is 3.63. The van der Waals surface area contributed by atoms with Gasteiger partial charge in [-0.2, -0.15) is 0 Å². The Labute approximate surface area is 193 Å². The average Bonchev–Trinajstić information content (AvgIpc) is 3.41. The molecule has 0 radical (unpaired) electrons. The average molecular weight is 451 g/mol. The number of anilines is 1. The normalized spacial score (nSPS) is 12.7. The number of hydrogen-bond donors (Lipinski definition) is 1. The number of aromatic nitrogens is 3. The third kappa shape index (κ3) is 5.91. The first-order valence-electron chi connectivity index (χ1n) is 11.2. The molecule has 0 saturated heterocycles. The predicted molar refractivity (Wildman–Crippen MR) is 128 cm³/mol. The van der Waals surface area contributed by atoms with Crippen LogP contribution in [0.5, 0.6) is 5.75 Å². The Morgan fingerprint density at radius 2 is 1.94 bits per heavy atom. The number of aryl methyl sites for hydroxylation is 2. The lowest BCUT2D eigenvalue weighted by atomic mass is 10.1. The van der Waals surface area contributed by atoms with Gasteiger partial charge in [-0.3, -0.25) is 4.79 Å². The molecule has 1 aliphatic carbocycles. The summed E-state index contributed by atoms with van der Waals surface area (Å²) < 4.78 is 7.96. The Morgan fingerprint density at radius 1 is 1.12 bits per heavy atom. The van der Waals surface area contributed by atoms with E-state index in [0.717, 1.165) is 48.2 Å². The zero-order valence-electron chi connectivity index (χ0n) is 18.7. The van der Waals surface area contributed by atoms with E-state index in [-0.39, 0.29) is 11.7 Å². The third-order valence-corrected chi connectivity index (χ3v) is 6.52. The van der Waals surface area contributed by atoms with Gasteiger partial charge in [-0.05, 0) is 67.0 Å². The number of carbonyl (C=O) groups excluding carboxylic acids is 1. The molecule has 0 saturated carbocycles. The van der Waals surface area contributed by atoms with Gasteiger partial charge in [0.05, 0.1) is 5.75 Å². The zero-order chi connectivity index (χ0) is 22.3. The fourth-order valence-corrected chi connectivity index (χ4v) is 4.57. The largest absolute Gasteiger partial charge is 0.486 e. The number of para-hydroxylation sites is 1. The van der Waals surface area contributed by atoms with E-state index in [9.17, 15) is 4.79 Å². The van der Waals surface area contributed by atoms with Crippen LogP contribution >= 0.6 is 11.8 Å². The van der Waals surface area contributed by atoms with Crippen LogP contribution in [0.1, 0.15) is 43.6 Å². The third-order valence-electron chi connectivity index (χ3n) is 5.55. The number of ether oxygens (including phenoxy) is 1. The van der Waals surface area contributed by atoms with Crippen molar-refractivity contribution in [3.63, 3.8) is 0 Å². The molecule has 0 unspecified atom stereocenters. The molecule has 0 fully saturated rings. The summed E-state index contributed by atoms with van der Waals surface area (Å²) in [6.45, 7) is 5.53. The van der Waals surface area contributed by atoms with Gasteiger partial charge < -0.3 is 14.6 Å². The molecular formula is C25H30N4O2S. The van der Waals surface area contributed by atoms with Crippen LogP contribution in [0.4, 0.5) is 5.69 Å². The van der Waals surface area contributed by atoms with Crippen molar-refractivity contribution in [2.45, 2.75) is 57.8 Å². The minimum atomic E-state index is -0.0338. The van der Waals surface area contributed by atoms with Crippen LogP contribution in [0, 0.1) is 5.92 Å². The molecule has 1 N–H and O–H groups in total. The number of rotatable bonds is 10. The molecule has 32 heavy (non-hydrogen) atoms. The highest BCUT2D eigenvalue weighted by Crippen LogP contribution is 2.25. The monoisotopic (exact) mass is 450 g/mol. The van der Waals surface area contributed by atoms with Crippen molar-refractivity contribution in [2.75, 3.05) is 11.1 Å². The second-order valence-electron chi connectivity index (χ2n) is 8.51. The molecule has 1 aliphatic rings. The topological polar surface area (TPSA) is 69.0 Å². The first kappa shape index (κ1) is 22.4. The van der Waals surface area contributed by atoms with Crippen LogP contribution in [0.2, 0.25) is 0 Å². The van der Waals surface area contributed by atoms with Gasteiger partial charge in [0, 0.05) is 12.2 Å². The second-order valence-corrected chi connectivity index (χ2v) is 9.45. The van der Waals surface area contributed by atoms with E-state index in [0.29, 0.717) is 12.5 Å². The molecule has 7 heteroatoms. The number of thioether (sulfide) groups is 1. The minimum Gasteiger partial charge on any atom is -0.486 e. The SMILES string of the molecule is CC(C)CCn1c(COc2ccccc2)nnc1SCC(=O)Nc1ccc2c(c1)CCC2. The predicted octanol–water partition coefficient (Wildman–Crippen LogP) is 5.12. The Hall–Kier alpha value is -2.80. The molecule has 1 amide bonds. The number of nitrogens with zero attached hydrogens (tertiary/aromatic N) is 3. The first-order valence-corrected chi connectivity index (χ1v) is 12.2. The molecule has 1 heterocycles. The van der Waals surface area contributed by atoms with Crippen LogP contribution in [0.15, 0.2) is 53.7 Å². The summed E-state index contributed by atoms with van der Waals surface area (Å²) in [7, 11) is 0. The van der Waals surface area contributed by atoms with E-state index in [1.165, 1.54) is 29.3 Å². The summed E-state index contributed by atoms with van der Waals surface area (Å²) >= 11 is 1.42. The maximum absolute atomic E-state index is 12.6. The van der Waals surface area contributed by atoms with E-state index < -0.39 is 0 Å². The second kappa shape index (κ2) is 10.7. The first-order chi connectivity index (χ1) is 15.6. The molecule has 168 valence electrons. The van der Waals surface area contributed by atoms with Crippen molar-refractivity contribution in [1.82, 2.24) is 14.8 Å². The Bertz CT molecular complexity index is 1050. The highest BCUT2D eigenvalue weighted by Gasteiger charge is 2.16. The summed E-state index contributed by atoms with van der Waals surface area (Å²) in [4.78, 5) is 12.6. The summed E-state index contributed by atoms with van der Waals surface area (Å²) in [5.74, 6) is 2.38. The van der Waals surface area contributed by atoms with E-state index in [4.69, 9.17) is 4.74 Å². The van der Waals surface area contributed by atoms with Crippen LogP contribution < -0.4 is 10.1 Å². The standard InChI is InChI=1S/C25H30N4O2S/c1-18(2)13-14-29-23(16-31-22-9-4-3-5-10-22)27-28-25(29)32-17-24(30)26-21-12-11-19-7-6-8-20(19)15-21/h3-5,9-12,15,18H,6-8,13-14,16-17H2,1-2H3,(H,26,30). The Morgan fingerprint density at radius 3 is 2.75 bits per heavy atom. The Balaban J connectivity index is 1.38. The smallest absolute Gasteiger partial charge is 0.234 e. The van der Waals surface area contributed by atoms with E-state index in [1.54, 1.807) is 0 Å². The number of nitrogens with one attached hydrogen (secondary N) is 1. The number of fused-ring (bicyclic) bond motifs is 1. The van der Waals surface area contributed by atoms with E-state index in [1.807, 2.05) is 36.4 Å². The number of amides is 1. The lowest BCUT2D eigenvalue weighted by molar-refractivity contribution is -0.113. The summed E-state index contributed by atoms with van der Waals surface area (Å²) in [6.07, 6.45) is 4.44. The van der Waals surface area contributed by atoms with Crippen molar-refractivity contribution in [3.8, 4) is 5.75 Å². The molecule has 3 aromatic rings. The summed E-state index contributed by atoms with van der Waals surface area (Å²) in [6, 6.07) is 15.9. The molecule has 6 nitrogen and oxygen atoms in total. The van der Waals surface area contributed by atoms with Crippen LogP contribution in [0.25, 0.3) is 0 Å². The lowest BCUT2D eigenvalue weighted by Crippen LogP contribution is -2.15. The van der Waals surface area contributed by atoms with Gasteiger partial charge in [-0.1, -0.05) is 49.9 Å². The van der Waals surface area contributed by atoms with Gasteiger partial charge in [0.15, 0.2) is 11.0 Å². The number of carbonyl (C=O) groups is 1. The molecule has 0 aliphatic heterocycles. The van der Waals surface area contributed by atoms with Crippen molar-refractivity contribution in [2.24, 2.45) is 5.92 Å². The van der Waals surface area contributed by atoms with Gasteiger partial charge in [0.1, 0.15) is 12.4 Å². The maximum atomic E-state index is 12.6. The van der Waals surface area contributed by atoms with Crippen LogP contribution in [-0.2, 0) is 30.8 Å². The van der Waals surface area contributed by atoms with Gasteiger partial charge in [-0.15, -0.1) is 10.2 Å². The maximum Gasteiger partial charge on any atom is 0.234 e. The van der Waals surface area contributed by atoms with Gasteiger partial charge in [-0.25, -0.2) is 0 Å².